The van der Waals surface area contributed by atoms with Crippen LogP contribution in [-0.2, 0) is 19.6 Å². The van der Waals surface area contributed by atoms with Gasteiger partial charge in [-0.3, -0.25) is 13.9 Å². The molecule has 4 rings (SSSR count). The summed E-state index contributed by atoms with van der Waals surface area (Å²) in [5.41, 5.74) is 1.68. The van der Waals surface area contributed by atoms with Gasteiger partial charge in [-0.1, -0.05) is 42.0 Å². The van der Waals surface area contributed by atoms with Gasteiger partial charge >= 0.3 is 0 Å². The largest absolute Gasteiger partial charge is 0.492 e. The van der Waals surface area contributed by atoms with Gasteiger partial charge in [0.15, 0.2) is 0 Å². The first-order valence-electron chi connectivity index (χ1n) is 12.9. The molecule has 2 amide bonds. The molecule has 1 aliphatic heterocycles. The van der Waals surface area contributed by atoms with Gasteiger partial charge < -0.3 is 20.1 Å². The topological polar surface area (TPSA) is 114 Å². The average Bonchev–Trinajstić information content (AvgIpc) is 3.45. The summed E-state index contributed by atoms with van der Waals surface area (Å²) in [5.74, 6) is -0.638. The Labute approximate surface area is 229 Å². The fourth-order valence-corrected chi connectivity index (χ4v) is 5.73. The van der Waals surface area contributed by atoms with Crippen molar-refractivity contribution in [3.05, 3.63) is 83.9 Å². The van der Waals surface area contributed by atoms with E-state index in [0.29, 0.717) is 25.5 Å². The Bertz CT molecular complexity index is 1400. The first-order valence-corrected chi connectivity index (χ1v) is 14.3. The van der Waals surface area contributed by atoms with Crippen LogP contribution in [0.15, 0.2) is 77.7 Å². The second kappa shape index (κ2) is 12.8. The van der Waals surface area contributed by atoms with Crippen molar-refractivity contribution >= 4 is 33.2 Å². The third-order valence-corrected chi connectivity index (χ3v) is 8.06. The maximum Gasteiger partial charge on any atom is 0.264 e. The van der Waals surface area contributed by atoms with E-state index in [9.17, 15) is 18.0 Å². The predicted octanol–water partition coefficient (Wildman–Crippen LogP) is 4.14. The molecule has 0 bridgehead atoms. The van der Waals surface area contributed by atoms with Crippen LogP contribution in [0, 0.1) is 6.92 Å². The normalized spacial score (nSPS) is 15.0. The van der Waals surface area contributed by atoms with Crippen LogP contribution in [0.2, 0.25) is 0 Å². The van der Waals surface area contributed by atoms with Gasteiger partial charge in [0, 0.05) is 13.2 Å². The summed E-state index contributed by atoms with van der Waals surface area (Å²) in [5, 5.41) is 5.58. The van der Waals surface area contributed by atoms with Crippen molar-refractivity contribution in [1.82, 2.24) is 5.32 Å². The minimum absolute atomic E-state index is 0.0262. The highest BCUT2D eigenvalue weighted by molar-refractivity contribution is 7.92. The molecule has 0 radical (unpaired) electrons. The number of carbonyl (C=O) groups is 2. The molecule has 0 spiro atoms. The lowest BCUT2D eigenvalue weighted by atomic mass is 10.1. The molecule has 0 saturated carbocycles. The van der Waals surface area contributed by atoms with Gasteiger partial charge in [-0.2, -0.15) is 0 Å². The Morgan fingerprint density at radius 2 is 1.74 bits per heavy atom. The molecule has 0 aliphatic carbocycles. The third-order valence-electron chi connectivity index (χ3n) is 6.29. The molecule has 0 aromatic heterocycles. The fraction of sp³-hybridized carbons (Fsp3) is 0.310. The van der Waals surface area contributed by atoms with E-state index in [4.69, 9.17) is 9.47 Å². The molecule has 0 unspecified atom stereocenters. The van der Waals surface area contributed by atoms with E-state index < -0.39 is 22.5 Å². The minimum atomic E-state index is -4.14. The Balaban J connectivity index is 1.59. The Morgan fingerprint density at radius 3 is 2.46 bits per heavy atom. The zero-order chi connectivity index (χ0) is 27.8. The summed E-state index contributed by atoms with van der Waals surface area (Å²) < 4.78 is 39.9. The van der Waals surface area contributed by atoms with Crippen molar-refractivity contribution < 1.29 is 27.5 Å². The summed E-state index contributed by atoms with van der Waals surface area (Å²) in [4.78, 5) is 26.3. The zero-order valence-corrected chi connectivity index (χ0v) is 22.9. The lowest BCUT2D eigenvalue weighted by Gasteiger charge is -2.26. The number of hydrogen-bond donors (Lipinski definition) is 2. The van der Waals surface area contributed by atoms with Crippen molar-refractivity contribution in [3.8, 4) is 5.75 Å². The van der Waals surface area contributed by atoms with E-state index in [1.807, 2.05) is 6.92 Å². The Hall–Kier alpha value is -3.89. The van der Waals surface area contributed by atoms with Crippen LogP contribution in [0.5, 0.6) is 5.75 Å². The van der Waals surface area contributed by atoms with Gasteiger partial charge in [-0.15, -0.1) is 0 Å². The molecular weight excluding hydrogens is 518 g/mol. The first-order chi connectivity index (χ1) is 18.8. The van der Waals surface area contributed by atoms with Gasteiger partial charge in [0.05, 0.1) is 34.5 Å². The summed E-state index contributed by atoms with van der Waals surface area (Å²) in [6, 6.07) is 19.7. The smallest absolute Gasteiger partial charge is 0.264 e. The molecule has 1 fully saturated rings. The van der Waals surface area contributed by atoms with Gasteiger partial charge in [0.25, 0.3) is 15.9 Å². The molecular formula is C29H33N3O6S. The average molecular weight is 552 g/mol. The monoisotopic (exact) mass is 551 g/mol. The van der Waals surface area contributed by atoms with Gasteiger partial charge in [-0.25, -0.2) is 8.42 Å². The van der Waals surface area contributed by atoms with E-state index in [1.54, 1.807) is 67.6 Å². The number of benzene rings is 3. The highest BCUT2D eigenvalue weighted by Crippen LogP contribution is 2.32. The van der Waals surface area contributed by atoms with E-state index >= 15 is 0 Å². The quantitative estimate of drug-likeness (QED) is 0.370. The molecule has 9 nitrogen and oxygen atoms in total. The SMILES string of the molecule is CCOc1ccccc1N(CC(=O)Nc1ccccc1C(=O)NC[C@H]1CCCO1)S(=O)(=O)c1ccc(C)cc1. The van der Waals surface area contributed by atoms with Crippen LogP contribution in [0.1, 0.15) is 35.7 Å². The number of para-hydroxylation sites is 3. The Morgan fingerprint density at radius 1 is 1.03 bits per heavy atom. The van der Waals surface area contributed by atoms with Crippen molar-refractivity contribution in [3.63, 3.8) is 0 Å². The van der Waals surface area contributed by atoms with Crippen LogP contribution < -0.4 is 19.7 Å². The number of nitrogens with zero attached hydrogens (tertiary/aromatic N) is 1. The number of aryl methyl sites for hydroxylation is 1. The van der Waals surface area contributed by atoms with E-state index in [1.165, 1.54) is 12.1 Å². The molecule has 206 valence electrons. The zero-order valence-electron chi connectivity index (χ0n) is 22.1. The molecule has 1 saturated heterocycles. The second-order valence-electron chi connectivity index (χ2n) is 9.16. The van der Waals surface area contributed by atoms with Crippen molar-refractivity contribution in [2.45, 2.75) is 37.7 Å². The second-order valence-corrected chi connectivity index (χ2v) is 11.0. The first kappa shape index (κ1) is 28.1. The summed E-state index contributed by atoms with van der Waals surface area (Å²) >= 11 is 0. The van der Waals surface area contributed by atoms with E-state index in [0.717, 1.165) is 22.7 Å². The van der Waals surface area contributed by atoms with Crippen molar-refractivity contribution in [1.29, 1.82) is 0 Å². The number of sulfonamides is 1. The van der Waals surface area contributed by atoms with Crippen LogP contribution in [-0.4, -0.2) is 52.6 Å². The van der Waals surface area contributed by atoms with Crippen molar-refractivity contribution in [2.75, 3.05) is 35.9 Å². The van der Waals surface area contributed by atoms with E-state index in [2.05, 4.69) is 10.6 Å². The highest BCUT2D eigenvalue weighted by atomic mass is 32.2. The maximum atomic E-state index is 13.8. The van der Waals surface area contributed by atoms with Gasteiger partial charge in [0.2, 0.25) is 5.91 Å². The molecule has 1 aliphatic rings. The molecule has 2 N–H and O–H groups in total. The number of rotatable bonds is 11. The summed E-state index contributed by atoms with van der Waals surface area (Å²) in [6.07, 6.45) is 1.82. The summed E-state index contributed by atoms with van der Waals surface area (Å²) in [7, 11) is -4.14. The van der Waals surface area contributed by atoms with Gasteiger partial charge in [-0.05, 0) is 63.1 Å². The lowest BCUT2D eigenvalue weighted by Crippen LogP contribution is -2.39. The molecule has 1 atom stereocenters. The fourth-order valence-electron chi connectivity index (χ4n) is 4.30. The van der Waals surface area contributed by atoms with Crippen LogP contribution >= 0.6 is 0 Å². The number of hydrogen-bond acceptors (Lipinski definition) is 6. The van der Waals surface area contributed by atoms with Crippen molar-refractivity contribution in [2.24, 2.45) is 0 Å². The number of amides is 2. The van der Waals surface area contributed by atoms with Crippen LogP contribution in [0.25, 0.3) is 0 Å². The molecule has 3 aromatic rings. The number of carbonyl (C=O) groups excluding carboxylic acids is 2. The summed E-state index contributed by atoms with van der Waals surface area (Å²) in [6.45, 7) is 4.49. The molecule has 10 heteroatoms. The number of nitrogens with one attached hydrogen (secondary N) is 2. The lowest BCUT2D eigenvalue weighted by molar-refractivity contribution is -0.114. The standard InChI is InChI=1S/C29H33N3O6S/c1-3-37-27-13-7-6-12-26(27)32(39(35,36)23-16-14-21(2)15-17-23)20-28(33)31-25-11-5-4-10-24(25)29(34)30-19-22-9-8-18-38-22/h4-7,10-17,22H,3,8-9,18-20H2,1-2H3,(H,30,34)(H,31,33)/t22-/m1/s1. The highest BCUT2D eigenvalue weighted by Gasteiger charge is 2.30. The van der Waals surface area contributed by atoms with Gasteiger partial charge in [0.1, 0.15) is 12.3 Å². The number of ether oxygens (including phenoxy) is 2. The molecule has 1 heterocycles. The Kier molecular flexibility index (Phi) is 9.21. The molecule has 3 aromatic carbocycles. The van der Waals surface area contributed by atoms with Crippen LogP contribution in [0.4, 0.5) is 11.4 Å². The predicted molar refractivity (Wildman–Crippen MR) is 150 cm³/mol. The molecule has 39 heavy (non-hydrogen) atoms. The minimum Gasteiger partial charge on any atom is -0.492 e. The van der Waals surface area contributed by atoms with Crippen LogP contribution in [0.3, 0.4) is 0 Å². The number of anilines is 2. The third kappa shape index (κ3) is 6.96. The van der Waals surface area contributed by atoms with E-state index in [-0.39, 0.29) is 33.8 Å². The maximum absolute atomic E-state index is 13.8.